The van der Waals surface area contributed by atoms with E-state index in [1.807, 2.05) is 6.26 Å². The van der Waals surface area contributed by atoms with E-state index in [-0.39, 0.29) is 5.60 Å². The fourth-order valence-electron chi connectivity index (χ4n) is 4.33. The van der Waals surface area contributed by atoms with E-state index < -0.39 is 6.10 Å². The van der Waals surface area contributed by atoms with E-state index in [0.29, 0.717) is 31.5 Å². The third kappa shape index (κ3) is 4.03. The Hall–Kier alpha value is -1.72. The Morgan fingerprint density at radius 1 is 1.22 bits per heavy atom. The molecule has 3 aromatic heterocycles. The number of nitrogens with one attached hydrogen (secondary N) is 1. The summed E-state index contributed by atoms with van der Waals surface area (Å²) >= 11 is 3.14. The molecule has 5 rings (SSSR count). The van der Waals surface area contributed by atoms with Crippen LogP contribution in [0, 0.1) is 0 Å². The van der Waals surface area contributed by atoms with Crippen LogP contribution >= 0.6 is 23.1 Å². The lowest BCUT2D eigenvalue weighted by Crippen LogP contribution is -2.39. The van der Waals surface area contributed by atoms with Gasteiger partial charge in [-0.15, -0.1) is 11.3 Å². The highest BCUT2D eigenvalue weighted by atomic mass is 32.2. The van der Waals surface area contributed by atoms with Crippen molar-refractivity contribution in [2.45, 2.75) is 50.7 Å². The Morgan fingerprint density at radius 3 is 2.72 bits per heavy atom. The number of thiophene rings is 1. The van der Waals surface area contributed by atoms with Gasteiger partial charge in [0.25, 0.3) is 0 Å². The van der Waals surface area contributed by atoms with Gasteiger partial charge in [0.15, 0.2) is 5.16 Å². The molecule has 32 heavy (non-hydrogen) atoms. The molecule has 0 aromatic carbocycles. The van der Waals surface area contributed by atoms with Crippen molar-refractivity contribution >= 4 is 55.2 Å². The van der Waals surface area contributed by atoms with Crippen LogP contribution in [0.3, 0.4) is 0 Å². The summed E-state index contributed by atoms with van der Waals surface area (Å²) in [5.74, 6) is 1.77. The zero-order valence-electron chi connectivity index (χ0n) is 18.9. The van der Waals surface area contributed by atoms with Crippen LogP contribution in [0.25, 0.3) is 20.4 Å². The third-order valence-electron chi connectivity index (χ3n) is 5.91. The van der Waals surface area contributed by atoms with Crippen molar-refractivity contribution in [3.63, 3.8) is 0 Å². The van der Waals surface area contributed by atoms with Gasteiger partial charge in [-0.3, -0.25) is 0 Å². The molecule has 10 heteroatoms. The van der Waals surface area contributed by atoms with Gasteiger partial charge in [0.1, 0.15) is 16.5 Å². The lowest BCUT2D eigenvalue weighted by Gasteiger charge is -2.36. The molecule has 1 fully saturated rings. The molecule has 8 nitrogen and oxygen atoms in total. The molecule has 0 spiro atoms. The van der Waals surface area contributed by atoms with E-state index >= 15 is 0 Å². The fraction of sp³-hybridized carbons (Fsp3) is 0.591. The van der Waals surface area contributed by atoms with E-state index in [1.165, 1.54) is 22.9 Å². The highest BCUT2D eigenvalue weighted by molar-refractivity contribution is 7.98. The monoisotopic (exact) mass is 475 g/mol. The molecule has 5 heterocycles. The van der Waals surface area contributed by atoms with E-state index in [0.717, 1.165) is 51.6 Å². The molecule has 0 amide bonds. The Bertz CT molecular complexity index is 1160. The van der Waals surface area contributed by atoms with E-state index in [9.17, 15) is 5.11 Å². The number of nitrogens with zero attached hydrogens (tertiary/aromatic N) is 4. The summed E-state index contributed by atoms with van der Waals surface area (Å²) in [6.45, 7) is 10.1. The predicted molar refractivity (Wildman–Crippen MR) is 130 cm³/mol. The van der Waals surface area contributed by atoms with Crippen molar-refractivity contribution in [2.24, 2.45) is 0 Å². The number of rotatable bonds is 5. The molecule has 0 bridgehead atoms. The van der Waals surface area contributed by atoms with Crippen molar-refractivity contribution in [3.8, 4) is 0 Å². The van der Waals surface area contributed by atoms with Gasteiger partial charge < -0.3 is 24.8 Å². The number of aliphatic hydroxyl groups is 1. The first-order valence-corrected chi connectivity index (χ1v) is 13.0. The van der Waals surface area contributed by atoms with Crippen molar-refractivity contribution in [2.75, 3.05) is 49.3 Å². The molecule has 2 N–H and O–H groups in total. The molecule has 0 radical (unpaired) electrons. The van der Waals surface area contributed by atoms with Gasteiger partial charge in [0, 0.05) is 37.0 Å². The minimum atomic E-state index is -0.469. The normalized spacial score (nSPS) is 19.3. The molecule has 3 aromatic rings. The van der Waals surface area contributed by atoms with Crippen LogP contribution in [0.4, 0.5) is 11.6 Å². The Morgan fingerprint density at radius 2 is 2.00 bits per heavy atom. The molecule has 0 saturated carbocycles. The number of thioether (sulfide) groups is 1. The molecule has 2 aliphatic heterocycles. The second kappa shape index (κ2) is 8.57. The number of aromatic nitrogens is 3. The average Bonchev–Trinajstić information content (AvgIpc) is 3.15. The van der Waals surface area contributed by atoms with Crippen LogP contribution in [0.15, 0.2) is 5.16 Å². The Labute approximate surface area is 195 Å². The maximum absolute atomic E-state index is 9.80. The summed E-state index contributed by atoms with van der Waals surface area (Å²) in [5.41, 5.74) is 3.14. The molecule has 0 unspecified atom stereocenters. The second-order valence-electron chi connectivity index (χ2n) is 8.97. The first-order valence-electron chi connectivity index (χ1n) is 10.9. The maximum atomic E-state index is 9.80. The number of hydrogen-bond donors (Lipinski definition) is 2. The zero-order valence-corrected chi connectivity index (χ0v) is 20.5. The second-order valence-corrected chi connectivity index (χ2v) is 10.7. The van der Waals surface area contributed by atoms with Crippen LogP contribution in [0.1, 0.15) is 31.9 Å². The van der Waals surface area contributed by atoms with Crippen LogP contribution in [-0.2, 0) is 22.5 Å². The first kappa shape index (κ1) is 22.1. The topological polar surface area (TPSA) is 92.6 Å². The number of morpholine rings is 1. The van der Waals surface area contributed by atoms with Crippen molar-refractivity contribution in [3.05, 3.63) is 11.1 Å². The molecular weight excluding hydrogens is 446 g/mol. The quantitative estimate of drug-likeness (QED) is 0.425. The van der Waals surface area contributed by atoms with E-state index in [2.05, 4.69) is 24.1 Å². The number of anilines is 2. The number of fused-ring (bicyclic) bond motifs is 5. The van der Waals surface area contributed by atoms with Gasteiger partial charge in [-0.25, -0.2) is 15.0 Å². The van der Waals surface area contributed by atoms with Crippen LogP contribution < -0.4 is 10.2 Å². The number of hydrogen-bond acceptors (Lipinski definition) is 10. The zero-order chi connectivity index (χ0) is 22.5. The third-order valence-corrected chi connectivity index (χ3v) is 7.53. The molecule has 2 aliphatic rings. The van der Waals surface area contributed by atoms with Gasteiger partial charge in [0.2, 0.25) is 0 Å². The fourth-order valence-corrected chi connectivity index (χ4v) is 5.80. The smallest absolute Gasteiger partial charge is 0.189 e. The van der Waals surface area contributed by atoms with Gasteiger partial charge in [0.05, 0.1) is 41.7 Å². The van der Waals surface area contributed by atoms with E-state index in [1.54, 1.807) is 18.3 Å². The summed E-state index contributed by atoms with van der Waals surface area (Å²) in [6.07, 6.45) is 2.32. The van der Waals surface area contributed by atoms with Gasteiger partial charge in [-0.05, 0) is 32.6 Å². The van der Waals surface area contributed by atoms with Crippen LogP contribution in [0.2, 0.25) is 0 Å². The first-order chi connectivity index (χ1) is 15.4. The number of aliphatic hydroxyl groups excluding tert-OH is 1. The van der Waals surface area contributed by atoms with Gasteiger partial charge in [-0.2, -0.15) is 0 Å². The summed E-state index contributed by atoms with van der Waals surface area (Å²) < 4.78 is 12.8. The van der Waals surface area contributed by atoms with Crippen LogP contribution in [0.5, 0.6) is 0 Å². The maximum Gasteiger partial charge on any atom is 0.189 e. The van der Waals surface area contributed by atoms with Gasteiger partial charge in [-0.1, -0.05) is 11.8 Å². The van der Waals surface area contributed by atoms with Crippen molar-refractivity contribution in [1.29, 1.82) is 0 Å². The number of pyridine rings is 1. The molecule has 1 atom stereocenters. The molecule has 1 saturated heterocycles. The van der Waals surface area contributed by atoms with Crippen LogP contribution in [-0.4, -0.2) is 70.9 Å². The standard InChI is InChI=1S/C22H29N5O3S2/c1-12(28)10-23-18-17-16(24-21(25-18)31-4)15-13-9-22(2,3)30-11-14(13)19(26-20(15)32-17)27-5-7-29-8-6-27/h12,28H,5-11H2,1-4H3,(H,23,24,25)/t12-/m0/s1. The molecule has 0 aliphatic carbocycles. The van der Waals surface area contributed by atoms with Crippen molar-refractivity contribution in [1.82, 2.24) is 15.0 Å². The SMILES string of the molecule is CSc1nc(NC[C@H](C)O)c2sc3nc(N4CCOCC4)c4c(c3c2n1)CC(C)(C)OC4. The average molecular weight is 476 g/mol. The molecular formula is C22H29N5O3S2. The molecule has 172 valence electrons. The highest BCUT2D eigenvalue weighted by Crippen LogP contribution is 2.44. The Kier molecular flexibility index (Phi) is 5.91. The van der Waals surface area contributed by atoms with E-state index in [4.69, 9.17) is 24.4 Å². The Balaban J connectivity index is 1.76. The summed E-state index contributed by atoms with van der Waals surface area (Å²) in [7, 11) is 0. The lowest BCUT2D eigenvalue weighted by molar-refractivity contribution is -0.0396. The number of ether oxygens (including phenoxy) is 2. The summed E-state index contributed by atoms with van der Waals surface area (Å²) in [5, 5.41) is 14.9. The van der Waals surface area contributed by atoms with Crippen molar-refractivity contribution < 1.29 is 14.6 Å². The highest BCUT2D eigenvalue weighted by Gasteiger charge is 2.33. The van der Waals surface area contributed by atoms with Gasteiger partial charge >= 0.3 is 0 Å². The minimum Gasteiger partial charge on any atom is -0.392 e. The minimum absolute atomic E-state index is 0.249. The lowest BCUT2D eigenvalue weighted by atomic mass is 9.90. The predicted octanol–water partition coefficient (Wildman–Crippen LogP) is 3.44. The summed E-state index contributed by atoms with van der Waals surface area (Å²) in [6, 6.07) is 0. The largest absolute Gasteiger partial charge is 0.392 e. The summed E-state index contributed by atoms with van der Waals surface area (Å²) in [4.78, 5) is 18.1.